The summed E-state index contributed by atoms with van der Waals surface area (Å²) in [6.45, 7) is 14.9. The van der Waals surface area contributed by atoms with Crippen LogP contribution in [0.5, 0.6) is 5.75 Å². The molecular weight excluding hydrogens is 406 g/mol. The normalized spacial score (nSPS) is 13.4. The van der Waals surface area contributed by atoms with E-state index in [1.54, 1.807) is 0 Å². The van der Waals surface area contributed by atoms with E-state index in [0.29, 0.717) is 29.3 Å². The topological polar surface area (TPSA) is 18.5 Å². The van der Waals surface area contributed by atoms with Crippen LogP contribution in [0.4, 0.5) is 0 Å². The highest BCUT2D eigenvalue weighted by Gasteiger charge is 2.28. The van der Waals surface area contributed by atoms with Gasteiger partial charge in [-0.2, -0.15) is 9.48 Å². The van der Waals surface area contributed by atoms with Crippen molar-refractivity contribution in [3.05, 3.63) is 65.7 Å². The van der Waals surface area contributed by atoms with Crippen LogP contribution in [0.25, 0.3) is 0 Å². The quantitative estimate of drug-likeness (QED) is 0.315. The summed E-state index contributed by atoms with van der Waals surface area (Å²) in [4.78, 5) is 6.13. The third-order valence-electron chi connectivity index (χ3n) is 5.82. The van der Waals surface area contributed by atoms with Crippen molar-refractivity contribution < 1.29 is 26.6 Å². The lowest BCUT2D eigenvalue weighted by molar-refractivity contribution is -1.09. The van der Waals surface area contributed by atoms with Gasteiger partial charge in [0.1, 0.15) is 25.0 Å². The minimum absolute atomic E-state index is 0. The first kappa shape index (κ1) is 27.5. The number of halogens is 1. The molecule has 0 aromatic heterocycles. The van der Waals surface area contributed by atoms with Crippen LogP contribution in [0, 0.1) is 5.41 Å². The Hall–Kier alpha value is -1.55. The minimum Gasteiger partial charge on any atom is -1.00 e. The lowest BCUT2D eigenvalue weighted by atomic mass is 9.72. The first-order valence-corrected chi connectivity index (χ1v) is 11.1. The molecule has 4 heteroatoms. The fourth-order valence-electron chi connectivity index (χ4n) is 4.16. The molecule has 0 bridgehead atoms. The van der Waals surface area contributed by atoms with Crippen LogP contribution in [0.3, 0.4) is 0 Å². The Morgan fingerprint density at radius 2 is 1.42 bits per heavy atom. The fraction of sp³-hybridized carbons (Fsp3) is 0.556. The summed E-state index contributed by atoms with van der Waals surface area (Å²) in [6, 6.07) is 19.5. The molecule has 0 saturated heterocycles. The van der Waals surface area contributed by atoms with Gasteiger partial charge in [-0.1, -0.05) is 77.1 Å². The average molecular weight is 448 g/mol. The summed E-state index contributed by atoms with van der Waals surface area (Å²) in [7, 11) is 4.22. The van der Waals surface area contributed by atoms with E-state index >= 15 is 0 Å². The maximum absolute atomic E-state index is 6.13. The highest BCUT2D eigenvalue weighted by molar-refractivity contribution is 5.31. The van der Waals surface area contributed by atoms with Crippen molar-refractivity contribution in [1.29, 1.82) is 0 Å². The maximum atomic E-state index is 6.13. The van der Waals surface area contributed by atoms with E-state index in [1.165, 1.54) is 11.1 Å². The van der Waals surface area contributed by atoms with Crippen LogP contribution in [0.15, 0.2) is 54.6 Å². The highest BCUT2D eigenvalue weighted by atomic mass is 35.5. The maximum Gasteiger partial charge on any atom is 0.140 e. The molecule has 0 saturated carbocycles. The van der Waals surface area contributed by atoms with Crippen LogP contribution in [-0.4, -0.2) is 38.0 Å². The molecule has 0 heterocycles. The van der Waals surface area contributed by atoms with Gasteiger partial charge in [0.25, 0.3) is 0 Å². The molecule has 0 aliphatic carbocycles. The van der Waals surface area contributed by atoms with E-state index in [-0.39, 0.29) is 17.8 Å². The predicted molar refractivity (Wildman–Crippen MR) is 127 cm³/mol. The number of likely N-dealkylation sites (N-methyl/N-ethyl adjacent to an activating group) is 1. The van der Waals surface area contributed by atoms with Crippen molar-refractivity contribution in [3.8, 4) is 5.75 Å². The lowest BCUT2D eigenvalue weighted by Gasteiger charge is -2.33. The van der Waals surface area contributed by atoms with Crippen LogP contribution in [0.1, 0.15) is 59.1 Å². The molecule has 0 N–H and O–H groups in total. The molecule has 0 aliphatic rings. The zero-order valence-electron chi connectivity index (χ0n) is 20.7. The van der Waals surface area contributed by atoms with E-state index in [0.717, 1.165) is 18.6 Å². The Bertz CT molecular complexity index is 764. The Balaban J connectivity index is 0.00000480. The zero-order valence-corrected chi connectivity index (χ0v) is 21.5. The molecule has 1 unspecified atom stereocenters. The van der Waals surface area contributed by atoms with Crippen molar-refractivity contribution in [1.82, 2.24) is 0 Å². The summed E-state index contributed by atoms with van der Waals surface area (Å²) in [5.41, 5.74) is 3.15. The van der Waals surface area contributed by atoms with Gasteiger partial charge in [0, 0.05) is 6.42 Å². The van der Waals surface area contributed by atoms with Crippen molar-refractivity contribution in [2.45, 2.75) is 65.8 Å². The number of quaternary nitrogens is 1. The Labute approximate surface area is 196 Å². The van der Waals surface area contributed by atoms with Gasteiger partial charge in [-0.25, -0.2) is 0 Å². The molecule has 0 amide bonds. The molecule has 2 rings (SSSR count). The van der Waals surface area contributed by atoms with E-state index < -0.39 is 0 Å². The molecule has 0 aliphatic heterocycles. The number of benzene rings is 2. The van der Waals surface area contributed by atoms with Crippen LogP contribution >= 0.6 is 0 Å². The SMILES string of the molecule is CC(Cc1ccccc1)[N+](C)(C)OCCOc1ccc(C(C)(C)CC(C)(C)C)cc1.[Cl-]. The molecule has 1 atom stereocenters. The summed E-state index contributed by atoms with van der Waals surface area (Å²) < 4.78 is 6.45. The number of hydrogen-bond donors (Lipinski definition) is 0. The van der Waals surface area contributed by atoms with Gasteiger partial charge in [-0.15, -0.1) is 0 Å². The van der Waals surface area contributed by atoms with Crippen LogP contribution in [0.2, 0.25) is 0 Å². The van der Waals surface area contributed by atoms with Gasteiger partial charge < -0.3 is 17.1 Å². The Kier molecular flexibility index (Phi) is 10.1. The fourth-order valence-corrected chi connectivity index (χ4v) is 4.16. The molecule has 174 valence electrons. The monoisotopic (exact) mass is 447 g/mol. The number of rotatable bonds is 10. The number of nitrogens with zero attached hydrogens (tertiary/aromatic N) is 1. The minimum atomic E-state index is 0. The molecule has 0 fully saturated rings. The van der Waals surface area contributed by atoms with Gasteiger partial charge in [0.2, 0.25) is 0 Å². The highest BCUT2D eigenvalue weighted by Crippen LogP contribution is 2.36. The smallest absolute Gasteiger partial charge is 0.140 e. The second-order valence-corrected chi connectivity index (χ2v) is 10.8. The molecule has 2 aromatic rings. The van der Waals surface area contributed by atoms with Gasteiger partial charge in [0.05, 0.1) is 14.1 Å². The standard InChI is InChI=1S/C27H42NO2.ClH/c1-22(20-23-12-10-9-11-13-23)28(7,8)30-19-18-29-25-16-14-24(15-17-25)27(5,6)21-26(2,3)4;/h9-17,22H,18-21H2,1-8H3;1H/q+1;/p-1. The van der Waals surface area contributed by atoms with Crippen molar-refractivity contribution in [3.63, 3.8) is 0 Å². The second kappa shape index (κ2) is 11.4. The van der Waals surface area contributed by atoms with Crippen LogP contribution < -0.4 is 17.1 Å². The third-order valence-corrected chi connectivity index (χ3v) is 5.82. The Morgan fingerprint density at radius 1 is 0.839 bits per heavy atom. The molecular formula is C27H42ClNO2. The molecule has 0 radical (unpaired) electrons. The molecule has 3 nitrogen and oxygen atoms in total. The van der Waals surface area contributed by atoms with Crippen molar-refractivity contribution in [2.24, 2.45) is 5.41 Å². The summed E-state index contributed by atoms with van der Waals surface area (Å²) in [5, 5.41) is 0. The third kappa shape index (κ3) is 9.22. The zero-order chi connectivity index (χ0) is 22.4. The van der Waals surface area contributed by atoms with E-state index in [1.807, 2.05) is 0 Å². The van der Waals surface area contributed by atoms with Crippen LogP contribution in [-0.2, 0) is 16.7 Å². The number of ether oxygens (including phenoxy) is 1. The Morgan fingerprint density at radius 3 is 1.97 bits per heavy atom. The largest absolute Gasteiger partial charge is 1.00 e. The number of hydroxylamine groups is 3. The molecule has 31 heavy (non-hydrogen) atoms. The lowest BCUT2D eigenvalue weighted by Crippen LogP contribution is -3.00. The average Bonchev–Trinajstić information content (AvgIpc) is 2.64. The second-order valence-electron chi connectivity index (χ2n) is 10.8. The summed E-state index contributed by atoms with van der Waals surface area (Å²) in [5.74, 6) is 0.900. The summed E-state index contributed by atoms with van der Waals surface area (Å²) in [6.07, 6.45) is 2.13. The van der Waals surface area contributed by atoms with Gasteiger partial charge >= 0.3 is 0 Å². The van der Waals surface area contributed by atoms with Gasteiger partial charge in [-0.05, 0) is 47.4 Å². The van der Waals surface area contributed by atoms with Gasteiger partial charge in [-0.3, -0.25) is 0 Å². The van der Waals surface area contributed by atoms with E-state index in [2.05, 4.69) is 110 Å². The van der Waals surface area contributed by atoms with Crippen molar-refractivity contribution >= 4 is 0 Å². The van der Waals surface area contributed by atoms with E-state index in [4.69, 9.17) is 9.57 Å². The molecule has 2 aromatic carbocycles. The first-order valence-electron chi connectivity index (χ1n) is 11.1. The number of hydrogen-bond acceptors (Lipinski definition) is 2. The molecule has 0 spiro atoms. The summed E-state index contributed by atoms with van der Waals surface area (Å²) >= 11 is 0. The predicted octanol–water partition coefficient (Wildman–Crippen LogP) is 3.42. The van der Waals surface area contributed by atoms with Gasteiger partial charge in [0.15, 0.2) is 0 Å². The van der Waals surface area contributed by atoms with Crippen molar-refractivity contribution in [2.75, 3.05) is 27.3 Å². The van der Waals surface area contributed by atoms with E-state index in [9.17, 15) is 0 Å². The first-order chi connectivity index (χ1) is 13.9.